The summed E-state index contributed by atoms with van der Waals surface area (Å²) in [5.41, 5.74) is 1.44. The fourth-order valence-corrected chi connectivity index (χ4v) is 3.35. The fraction of sp³-hybridized carbons (Fsp3) is 0.471. The van der Waals surface area contributed by atoms with Crippen molar-refractivity contribution in [1.29, 1.82) is 0 Å². The molecule has 1 amide bonds. The van der Waals surface area contributed by atoms with Crippen LogP contribution in [0.2, 0.25) is 0 Å². The van der Waals surface area contributed by atoms with Crippen LogP contribution < -0.4 is 10.2 Å². The number of anilines is 1. The number of aromatic nitrogens is 2. The summed E-state index contributed by atoms with van der Waals surface area (Å²) >= 11 is 1.48. The predicted molar refractivity (Wildman–Crippen MR) is 94.0 cm³/mol. The van der Waals surface area contributed by atoms with E-state index in [9.17, 15) is 4.79 Å². The Bertz CT molecular complexity index is 661. The van der Waals surface area contributed by atoms with Gasteiger partial charge in [0, 0.05) is 36.3 Å². The van der Waals surface area contributed by atoms with Crippen LogP contribution in [0.15, 0.2) is 23.7 Å². The molecule has 0 saturated carbocycles. The van der Waals surface area contributed by atoms with Crippen molar-refractivity contribution in [3.63, 3.8) is 0 Å². The molecule has 1 N–H and O–H groups in total. The number of nitrogens with one attached hydrogen (secondary N) is 1. The van der Waals surface area contributed by atoms with Crippen molar-refractivity contribution in [3.05, 3.63) is 29.4 Å². The number of pyridine rings is 1. The van der Waals surface area contributed by atoms with Crippen molar-refractivity contribution < 1.29 is 4.79 Å². The Labute approximate surface area is 140 Å². The Morgan fingerprint density at radius 1 is 1.39 bits per heavy atom. The molecule has 1 saturated heterocycles. The smallest absolute Gasteiger partial charge is 0.270 e. The van der Waals surface area contributed by atoms with Gasteiger partial charge in [0.05, 0.1) is 0 Å². The van der Waals surface area contributed by atoms with Crippen molar-refractivity contribution in [3.8, 4) is 10.6 Å². The molecule has 1 atom stereocenters. The van der Waals surface area contributed by atoms with Crippen molar-refractivity contribution in [2.24, 2.45) is 0 Å². The fourth-order valence-electron chi connectivity index (χ4n) is 2.56. The third-order valence-electron chi connectivity index (χ3n) is 4.15. The molecular formula is C17H22N4OS. The van der Waals surface area contributed by atoms with Gasteiger partial charge in [0.2, 0.25) is 0 Å². The number of amides is 1. The van der Waals surface area contributed by atoms with Gasteiger partial charge in [-0.2, -0.15) is 0 Å². The monoisotopic (exact) mass is 330 g/mol. The summed E-state index contributed by atoms with van der Waals surface area (Å²) in [5, 5.41) is 5.58. The number of carbonyl (C=O) groups excluding carboxylic acids is 1. The molecule has 0 aromatic carbocycles. The van der Waals surface area contributed by atoms with E-state index in [0.29, 0.717) is 5.69 Å². The Morgan fingerprint density at radius 3 is 2.83 bits per heavy atom. The molecule has 0 spiro atoms. The summed E-state index contributed by atoms with van der Waals surface area (Å²) in [6.07, 6.45) is 5.24. The van der Waals surface area contributed by atoms with Gasteiger partial charge in [0.1, 0.15) is 16.5 Å². The van der Waals surface area contributed by atoms with Crippen molar-refractivity contribution in [1.82, 2.24) is 15.3 Å². The number of hydrogen-bond donors (Lipinski definition) is 1. The molecule has 3 rings (SSSR count). The number of hydrogen-bond acceptors (Lipinski definition) is 5. The lowest BCUT2D eigenvalue weighted by molar-refractivity contribution is 0.0935. The van der Waals surface area contributed by atoms with Crippen LogP contribution in [0.3, 0.4) is 0 Å². The van der Waals surface area contributed by atoms with E-state index in [1.165, 1.54) is 24.2 Å². The van der Waals surface area contributed by atoms with Gasteiger partial charge in [-0.1, -0.05) is 6.92 Å². The van der Waals surface area contributed by atoms with Crippen LogP contribution in [0.4, 0.5) is 5.82 Å². The SMILES string of the molecule is CCC(C)NC(=O)c1csc(-c2ccc(N3CCCC3)nc2)n1. The Morgan fingerprint density at radius 2 is 2.17 bits per heavy atom. The van der Waals surface area contributed by atoms with Crippen molar-refractivity contribution >= 4 is 23.1 Å². The lowest BCUT2D eigenvalue weighted by Gasteiger charge is -2.15. The molecule has 1 aliphatic rings. The first-order valence-electron chi connectivity index (χ1n) is 8.15. The summed E-state index contributed by atoms with van der Waals surface area (Å²) in [5.74, 6) is 0.918. The molecule has 0 radical (unpaired) electrons. The predicted octanol–water partition coefficient (Wildman–Crippen LogP) is 3.33. The summed E-state index contributed by atoms with van der Waals surface area (Å²) in [6, 6.07) is 4.24. The van der Waals surface area contributed by atoms with Crippen LogP contribution in [0, 0.1) is 0 Å². The lowest BCUT2D eigenvalue weighted by atomic mass is 10.2. The van der Waals surface area contributed by atoms with Gasteiger partial charge in [0.25, 0.3) is 5.91 Å². The Hall–Kier alpha value is -1.95. The van der Waals surface area contributed by atoms with Crippen LogP contribution in [0.5, 0.6) is 0 Å². The first-order valence-corrected chi connectivity index (χ1v) is 9.03. The highest BCUT2D eigenvalue weighted by molar-refractivity contribution is 7.13. The van der Waals surface area contributed by atoms with Gasteiger partial charge in [-0.15, -0.1) is 11.3 Å². The third kappa shape index (κ3) is 3.69. The van der Waals surface area contributed by atoms with Gasteiger partial charge < -0.3 is 10.2 Å². The molecule has 1 aliphatic heterocycles. The molecule has 2 aromatic heterocycles. The zero-order valence-electron chi connectivity index (χ0n) is 13.6. The summed E-state index contributed by atoms with van der Waals surface area (Å²) in [4.78, 5) is 23.4. The second kappa shape index (κ2) is 7.08. The van der Waals surface area contributed by atoms with E-state index in [4.69, 9.17) is 0 Å². The first-order chi connectivity index (χ1) is 11.2. The van der Waals surface area contributed by atoms with Crippen molar-refractivity contribution in [2.45, 2.75) is 39.2 Å². The standard InChI is InChI=1S/C17H22N4OS/c1-3-12(2)19-16(22)14-11-23-17(20-14)13-6-7-15(18-10-13)21-8-4-5-9-21/h6-7,10-12H,3-5,8-9H2,1-2H3,(H,19,22). The zero-order chi connectivity index (χ0) is 16.2. The zero-order valence-corrected chi connectivity index (χ0v) is 14.4. The normalized spacial score (nSPS) is 15.7. The molecule has 6 heteroatoms. The van der Waals surface area contributed by atoms with Gasteiger partial charge in [-0.25, -0.2) is 9.97 Å². The van der Waals surface area contributed by atoms with Gasteiger partial charge in [0.15, 0.2) is 0 Å². The number of thiazole rings is 1. The van der Waals surface area contributed by atoms with Crippen LogP contribution in [0.25, 0.3) is 10.6 Å². The minimum atomic E-state index is -0.108. The van der Waals surface area contributed by atoms with Crippen LogP contribution in [-0.4, -0.2) is 35.0 Å². The summed E-state index contributed by atoms with van der Waals surface area (Å²) < 4.78 is 0. The van der Waals surface area contributed by atoms with E-state index in [1.807, 2.05) is 32.2 Å². The van der Waals surface area contributed by atoms with Gasteiger partial charge >= 0.3 is 0 Å². The van der Waals surface area contributed by atoms with Crippen molar-refractivity contribution in [2.75, 3.05) is 18.0 Å². The Balaban J connectivity index is 1.71. The van der Waals surface area contributed by atoms with E-state index in [1.54, 1.807) is 5.38 Å². The van der Waals surface area contributed by atoms with E-state index >= 15 is 0 Å². The highest BCUT2D eigenvalue weighted by atomic mass is 32.1. The Kier molecular flexibility index (Phi) is 4.91. The highest BCUT2D eigenvalue weighted by Crippen LogP contribution is 2.25. The average molecular weight is 330 g/mol. The second-order valence-electron chi connectivity index (χ2n) is 5.92. The quantitative estimate of drug-likeness (QED) is 0.913. The molecule has 3 heterocycles. The van der Waals surface area contributed by atoms with E-state index in [-0.39, 0.29) is 11.9 Å². The topological polar surface area (TPSA) is 58.1 Å². The molecule has 1 fully saturated rings. The minimum absolute atomic E-state index is 0.108. The molecular weight excluding hydrogens is 308 g/mol. The van der Waals surface area contributed by atoms with Crippen LogP contribution in [-0.2, 0) is 0 Å². The molecule has 0 bridgehead atoms. The molecule has 1 unspecified atom stereocenters. The minimum Gasteiger partial charge on any atom is -0.357 e. The maximum Gasteiger partial charge on any atom is 0.270 e. The van der Waals surface area contributed by atoms with E-state index in [0.717, 1.165) is 35.9 Å². The van der Waals surface area contributed by atoms with Crippen LogP contribution >= 0.6 is 11.3 Å². The molecule has 2 aromatic rings. The third-order valence-corrected chi connectivity index (χ3v) is 5.04. The van der Waals surface area contributed by atoms with Gasteiger partial charge in [-0.05, 0) is 38.3 Å². The average Bonchev–Trinajstić information content (AvgIpc) is 3.26. The van der Waals surface area contributed by atoms with E-state index < -0.39 is 0 Å². The summed E-state index contributed by atoms with van der Waals surface area (Å²) in [7, 11) is 0. The van der Waals surface area contributed by atoms with Crippen LogP contribution in [0.1, 0.15) is 43.6 Å². The lowest BCUT2D eigenvalue weighted by Crippen LogP contribution is -2.32. The second-order valence-corrected chi connectivity index (χ2v) is 6.78. The van der Waals surface area contributed by atoms with Gasteiger partial charge in [-0.3, -0.25) is 4.79 Å². The molecule has 5 nitrogen and oxygen atoms in total. The van der Waals surface area contributed by atoms with E-state index in [2.05, 4.69) is 20.2 Å². The molecule has 23 heavy (non-hydrogen) atoms. The molecule has 122 valence electrons. The summed E-state index contributed by atoms with van der Waals surface area (Å²) in [6.45, 7) is 6.21. The largest absolute Gasteiger partial charge is 0.357 e. The maximum absolute atomic E-state index is 12.1. The number of rotatable bonds is 5. The molecule has 0 aliphatic carbocycles. The maximum atomic E-state index is 12.1. The number of carbonyl (C=O) groups is 1. The first kappa shape index (κ1) is 15.9. The number of nitrogens with zero attached hydrogens (tertiary/aromatic N) is 3. The highest BCUT2D eigenvalue weighted by Gasteiger charge is 2.15.